The molecule has 0 aromatic heterocycles. The van der Waals surface area contributed by atoms with Crippen LogP contribution in [0.1, 0.15) is 61.3 Å². The zero-order valence-corrected chi connectivity index (χ0v) is 15.8. The van der Waals surface area contributed by atoms with E-state index in [1.807, 2.05) is 20.8 Å². The first-order chi connectivity index (χ1) is 10.3. The molecule has 0 bridgehead atoms. The molecule has 0 aliphatic carbocycles. The first-order valence-corrected chi connectivity index (χ1v) is 8.74. The van der Waals surface area contributed by atoms with E-state index < -0.39 is 5.60 Å². The second kappa shape index (κ2) is 5.92. The monoisotopic (exact) mass is 326 g/mol. The van der Waals surface area contributed by atoms with Crippen LogP contribution >= 0.6 is 0 Å². The normalized spacial score (nSPS) is 31.2. The quantitative estimate of drug-likeness (QED) is 0.846. The third-order valence-corrected chi connectivity index (χ3v) is 5.03. The molecule has 5 nitrogen and oxygen atoms in total. The molecule has 23 heavy (non-hydrogen) atoms. The van der Waals surface area contributed by atoms with Crippen molar-refractivity contribution >= 4 is 6.09 Å². The number of hydrogen-bond donors (Lipinski definition) is 1. The molecule has 0 radical (unpaired) electrons. The maximum Gasteiger partial charge on any atom is 0.410 e. The smallest absolute Gasteiger partial charge is 0.410 e. The Morgan fingerprint density at radius 3 is 2.39 bits per heavy atom. The van der Waals surface area contributed by atoms with Crippen molar-refractivity contribution in [1.29, 1.82) is 0 Å². The van der Waals surface area contributed by atoms with Crippen molar-refractivity contribution in [2.45, 2.75) is 84.2 Å². The fraction of sp³-hybridized carbons (Fsp3) is 0.944. The molecule has 1 amide bonds. The lowest BCUT2D eigenvalue weighted by Gasteiger charge is -2.34. The summed E-state index contributed by atoms with van der Waals surface area (Å²) in [5.74, 6) is 0.616. The molecule has 0 spiro atoms. The van der Waals surface area contributed by atoms with Gasteiger partial charge in [-0.1, -0.05) is 0 Å². The molecule has 5 heteroatoms. The standard InChI is InChI=1S/C18H34N2O3/c1-16(2,3)22-15(21)20-9-8-12(11-20)14(19)13-10-17(4,5)23-18(13,6)7/h12-14H,8-11,19H2,1-7H3. The Hall–Kier alpha value is -0.810. The van der Waals surface area contributed by atoms with Crippen LogP contribution < -0.4 is 5.73 Å². The molecule has 0 saturated carbocycles. The van der Waals surface area contributed by atoms with Crippen LogP contribution in [0.2, 0.25) is 0 Å². The fourth-order valence-corrected chi connectivity index (χ4v) is 4.13. The van der Waals surface area contributed by atoms with Gasteiger partial charge in [-0.05, 0) is 67.2 Å². The summed E-state index contributed by atoms with van der Waals surface area (Å²) in [6, 6.07) is 0.0409. The van der Waals surface area contributed by atoms with Gasteiger partial charge in [0, 0.05) is 25.0 Å². The number of rotatable bonds is 2. The van der Waals surface area contributed by atoms with E-state index in [-0.39, 0.29) is 23.3 Å². The molecule has 2 heterocycles. The predicted molar refractivity (Wildman–Crippen MR) is 91.2 cm³/mol. The van der Waals surface area contributed by atoms with Crippen LogP contribution in [0.4, 0.5) is 4.79 Å². The van der Waals surface area contributed by atoms with Crippen molar-refractivity contribution < 1.29 is 14.3 Å². The number of amides is 1. The van der Waals surface area contributed by atoms with Crippen molar-refractivity contribution in [3.8, 4) is 0 Å². The van der Waals surface area contributed by atoms with Gasteiger partial charge in [0.25, 0.3) is 0 Å². The van der Waals surface area contributed by atoms with Crippen LogP contribution in [0.25, 0.3) is 0 Å². The third kappa shape index (κ3) is 4.38. The lowest BCUT2D eigenvalue weighted by atomic mass is 9.77. The number of nitrogens with two attached hydrogens (primary N) is 1. The van der Waals surface area contributed by atoms with Gasteiger partial charge in [0.15, 0.2) is 0 Å². The summed E-state index contributed by atoms with van der Waals surface area (Å²) in [6.45, 7) is 15.6. The van der Waals surface area contributed by atoms with E-state index in [0.29, 0.717) is 18.4 Å². The van der Waals surface area contributed by atoms with Gasteiger partial charge in [-0.15, -0.1) is 0 Å². The van der Waals surface area contributed by atoms with E-state index >= 15 is 0 Å². The second-order valence-corrected chi connectivity index (χ2v) is 9.33. The molecule has 3 unspecified atom stereocenters. The molecule has 0 aromatic carbocycles. The zero-order chi connectivity index (χ0) is 17.6. The van der Waals surface area contributed by atoms with Crippen LogP contribution in [0, 0.1) is 11.8 Å². The van der Waals surface area contributed by atoms with Gasteiger partial charge in [0.1, 0.15) is 5.60 Å². The first kappa shape index (κ1) is 18.5. The summed E-state index contributed by atoms with van der Waals surface area (Å²) < 4.78 is 11.7. The molecule has 134 valence electrons. The predicted octanol–water partition coefficient (Wildman–Crippen LogP) is 3.16. The Bertz CT molecular complexity index is 454. The van der Waals surface area contributed by atoms with Crippen LogP contribution in [-0.4, -0.2) is 46.9 Å². The summed E-state index contributed by atoms with van der Waals surface area (Å²) in [4.78, 5) is 14.0. The summed E-state index contributed by atoms with van der Waals surface area (Å²) in [5, 5.41) is 0. The zero-order valence-electron chi connectivity index (χ0n) is 15.8. The van der Waals surface area contributed by atoms with E-state index in [9.17, 15) is 4.79 Å². The molecule has 2 rings (SSSR count). The van der Waals surface area contributed by atoms with Crippen molar-refractivity contribution in [3.63, 3.8) is 0 Å². The van der Waals surface area contributed by atoms with Crippen LogP contribution in [0.5, 0.6) is 0 Å². The Balaban J connectivity index is 1.98. The number of ether oxygens (including phenoxy) is 2. The highest BCUT2D eigenvalue weighted by atomic mass is 16.6. The number of nitrogens with zero attached hydrogens (tertiary/aromatic N) is 1. The third-order valence-electron chi connectivity index (χ3n) is 5.03. The Labute approximate surface area is 140 Å². The summed E-state index contributed by atoms with van der Waals surface area (Å²) in [6.07, 6.45) is 1.67. The van der Waals surface area contributed by atoms with Crippen molar-refractivity contribution in [2.24, 2.45) is 17.6 Å². The fourth-order valence-electron chi connectivity index (χ4n) is 4.13. The van der Waals surface area contributed by atoms with Crippen LogP contribution in [0.3, 0.4) is 0 Å². The van der Waals surface area contributed by atoms with Gasteiger partial charge in [0.2, 0.25) is 0 Å². The van der Waals surface area contributed by atoms with Gasteiger partial charge in [-0.2, -0.15) is 0 Å². The minimum Gasteiger partial charge on any atom is -0.444 e. The maximum atomic E-state index is 12.2. The van der Waals surface area contributed by atoms with Gasteiger partial charge < -0.3 is 20.1 Å². The molecule has 2 aliphatic rings. The number of carbonyl (C=O) groups is 1. The number of carbonyl (C=O) groups excluding carboxylic acids is 1. The second-order valence-electron chi connectivity index (χ2n) is 9.33. The SMILES string of the molecule is CC(C)(C)OC(=O)N1CCC(C(N)C2CC(C)(C)OC2(C)C)C1. The van der Waals surface area contributed by atoms with Crippen molar-refractivity contribution in [1.82, 2.24) is 4.90 Å². The maximum absolute atomic E-state index is 12.2. The Morgan fingerprint density at radius 1 is 1.30 bits per heavy atom. The summed E-state index contributed by atoms with van der Waals surface area (Å²) in [5.41, 5.74) is 5.81. The van der Waals surface area contributed by atoms with Gasteiger partial charge in [0.05, 0.1) is 11.2 Å². The molecule has 2 N–H and O–H groups in total. The molecule has 0 aromatic rings. The minimum absolute atomic E-state index is 0.0409. The highest BCUT2D eigenvalue weighted by Gasteiger charge is 2.50. The van der Waals surface area contributed by atoms with Gasteiger partial charge >= 0.3 is 6.09 Å². The lowest BCUT2D eigenvalue weighted by molar-refractivity contribution is -0.0780. The van der Waals surface area contributed by atoms with E-state index in [1.165, 1.54) is 0 Å². The van der Waals surface area contributed by atoms with Crippen molar-refractivity contribution in [3.05, 3.63) is 0 Å². The molecular formula is C18H34N2O3. The lowest BCUT2D eigenvalue weighted by Crippen LogP contribution is -2.46. The average molecular weight is 326 g/mol. The molecule has 2 fully saturated rings. The number of hydrogen-bond acceptors (Lipinski definition) is 4. The molecule has 3 atom stereocenters. The topological polar surface area (TPSA) is 64.8 Å². The van der Waals surface area contributed by atoms with Crippen molar-refractivity contribution in [2.75, 3.05) is 13.1 Å². The van der Waals surface area contributed by atoms with E-state index in [1.54, 1.807) is 4.90 Å². The Morgan fingerprint density at radius 2 is 1.91 bits per heavy atom. The molecule has 2 saturated heterocycles. The first-order valence-electron chi connectivity index (χ1n) is 8.74. The van der Waals surface area contributed by atoms with Crippen LogP contribution in [-0.2, 0) is 9.47 Å². The number of likely N-dealkylation sites (tertiary alicyclic amines) is 1. The summed E-state index contributed by atoms with van der Waals surface area (Å²) >= 11 is 0. The molecular weight excluding hydrogens is 292 g/mol. The van der Waals surface area contributed by atoms with E-state index in [4.69, 9.17) is 15.2 Å². The highest BCUT2D eigenvalue weighted by Crippen LogP contribution is 2.45. The Kier molecular flexibility index (Phi) is 4.77. The van der Waals surface area contributed by atoms with Gasteiger partial charge in [-0.3, -0.25) is 0 Å². The average Bonchev–Trinajstić information content (AvgIpc) is 2.88. The van der Waals surface area contributed by atoms with E-state index in [2.05, 4.69) is 27.7 Å². The van der Waals surface area contributed by atoms with Crippen LogP contribution in [0.15, 0.2) is 0 Å². The van der Waals surface area contributed by atoms with Gasteiger partial charge in [-0.25, -0.2) is 4.79 Å². The molecule has 2 aliphatic heterocycles. The summed E-state index contributed by atoms with van der Waals surface area (Å²) in [7, 11) is 0. The van der Waals surface area contributed by atoms with E-state index in [0.717, 1.165) is 19.4 Å². The highest BCUT2D eigenvalue weighted by molar-refractivity contribution is 5.68. The minimum atomic E-state index is -0.456. The largest absolute Gasteiger partial charge is 0.444 e.